The number of hydrogen-bond donors (Lipinski definition) is 2. The highest BCUT2D eigenvalue weighted by molar-refractivity contribution is 5.75. The van der Waals surface area contributed by atoms with Crippen LogP contribution in [-0.4, -0.2) is 30.7 Å². The SMILES string of the molecule is CC1CCN(C/C(C=N)=C/N)C1. The largest absolute Gasteiger partial charge is 0.404 e. The van der Waals surface area contributed by atoms with Crippen molar-refractivity contribution in [2.45, 2.75) is 13.3 Å². The highest BCUT2D eigenvalue weighted by atomic mass is 15.1. The third-order valence-corrected chi connectivity index (χ3v) is 2.31. The molecule has 1 saturated heterocycles. The third-order valence-electron chi connectivity index (χ3n) is 2.31. The average Bonchev–Trinajstić information content (AvgIpc) is 2.47. The number of hydrogen-bond acceptors (Lipinski definition) is 3. The van der Waals surface area contributed by atoms with Gasteiger partial charge in [0.05, 0.1) is 0 Å². The normalized spacial score (nSPS) is 26.1. The van der Waals surface area contributed by atoms with Crippen LogP contribution in [-0.2, 0) is 0 Å². The number of nitrogens with one attached hydrogen (secondary N) is 1. The van der Waals surface area contributed by atoms with Gasteiger partial charge >= 0.3 is 0 Å². The van der Waals surface area contributed by atoms with Gasteiger partial charge in [-0.05, 0) is 30.7 Å². The lowest BCUT2D eigenvalue weighted by molar-refractivity contribution is 0.360. The summed E-state index contributed by atoms with van der Waals surface area (Å²) in [6.07, 6.45) is 4.13. The molecule has 1 rings (SSSR count). The second-order valence-electron chi connectivity index (χ2n) is 3.51. The summed E-state index contributed by atoms with van der Waals surface area (Å²) in [5.74, 6) is 0.801. The lowest BCUT2D eigenvalue weighted by Crippen LogP contribution is -2.23. The van der Waals surface area contributed by atoms with Gasteiger partial charge in [-0.2, -0.15) is 0 Å². The Morgan fingerprint density at radius 1 is 1.75 bits per heavy atom. The van der Waals surface area contributed by atoms with Crippen molar-refractivity contribution in [2.24, 2.45) is 11.7 Å². The Hall–Kier alpha value is -0.830. The Labute approximate surface area is 73.7 Å². The van der Waals surface area contributed by atoms with Crippen LogP contribution < -0.4 is 5.73 Å². The molecule has 0 aromatic heterocycles. The molecular weight excluding hydrogens is 150 g/mol. The van der Waals surface area contributed by atoms with E-state index >= 15 is 0 Å². The second kappa shape index (κ2) is 4.26. The van der Waals surface area contributed by atoms with Crippen molar-refractivity contribution in [3.8, 4) is 0 Å². The van der Waals surface area contributed by atoms with Crippen LogP contribution in [0.25, 0.3) is 0 Å². The summed E-state index contributed by atoms with van der Waals surface area (Å²) in [6.45, 7) is 5.39. The van der Waals surface area contributed by atoms with E-state index in [0.29, 0.717) is 0 Å². The van der Waals surface area contributed by atoms with Gasteiger partial charge in [-0.15, -0.1) is 0 Å². The summed E-state index contributed by atoms with van der Waals surface area (Å²) < 4.78 is 0. The van der Waals surface area contributed by atoms with E-state index in [1.165, 1.54) is 18.8 Å². The standard InChI is InChI=1S/C9H17N3/c1-8-2-3-12(6-8)7-9(4-10)5-11/h4-5,8,10H,2-3,6-7,11H2,1H3/b9-5+,10-4?. The van der Waals surface area contributed by atoms with Crippen molar-refractivity contribution in [1.82, 2.24) is 4.90 Å². The van der Waals surface area contributed by atoms with Gasteiger partial charge < -0.3 is 11.1 Å². The minimum Gasteiger partial charge on any atom is -0.404 e. The Bertz CT molecular complexity index is 186. The quantitative estimate of drug-likeness (QED) is 0.611. The Morgan fingerprint density at radius 3 is 2.92 bits per heavy atom. The van der Waals surface area contributed by atoms with Gasteiger partial charge in [0, 0.05) is 19.3 Å². The van der Waals surface area contributed by atoms with Crippen LogP contribution in [0.15, 0.2) is 11.8 Å². The van der Waals surface area contributed by atoms with Crippen molar-refractivity contribution < 1.29 is 0 Å². The first-order valence-electron chi connectivity index (χ1n) is 4.40. The van der Waals surface area contributed by atoms with E-state index < -0.39 is 0 Å². The molecule has 1 atom stereocenters. The van der Waals surface area contributed by atoms with E-state index in [4.69, 9.17) is 11.1 Å². The average molecular weight is 167 g/mol. The van der Waals surface area contributed by atoms with E-state index in [1.807, 2.05) is 0 Å². The van der Waals surface area contributed by atoms with Gasteiger partial charge in [0.2, 0.25) is 0 Å². The maximum absolute atomic E-state index is 7.07. The molecule has 0 aliphatic carbocycles. The highest BCUT2D eigenvalue weighted by Crippen LogP contribution is 2.15. The summed E-state index contributed by atoms with van der Waals surface area (Å²) in [7, 11) is 0. The van der Waals surface area contributed by atoms with Crippen molar-refractivity contribution in [3.05, 3.63) is 11.8 Å². The van der Waals surface area contributed by atoms with Crippen LogP contribution in [0.4, 0.5) is 0 Å². The van der Waals surface area contributed by atoms with Crippen LogP contribution in [0, 0.1) is 11.3 Å². The fourth-order valence-corrected chi connectivity index (χ4v) is 1.57. The molecule has 0 aromatic carbocycles. The smallest absolute Gasteiger partial charge is 0.0263 e. The van der Waals surface area contributed by atoms with Gasteiger partial charge in [-0.25, -0.2) is 0 Å². The molecule has 0 bridgehead atoms. The van der Waals surface area contributed by atoms with Crippen molar-refractivity contribution in [2.75, 3.05) is 19.6 Å². The summed E-state index contributed by atoms with van der Waals surface area (Å²) in [4.78, 5) is 2.34. The number of likely N-dealkylation sites (tertiary alicyclic amines) is 1. The molecule has 3 nitrogen and oxygen atoms in total. The van der Waals surface area contributed by atoms with Crippen LogP contribution in [0.5, 0.6) is 0 Å². The van der Waals surface area contributed by atoms with E-state index in [1.54, 1.807) is 0 Å². The zero-order chi connectivity index (χ0) is 8.97. The van der Waals surface area contributed by atoms with Crippen molar-refractivity contribution >= 4 is 6.21 Å². The van der Waals surface area contributed by atoms with Crippen LogP contribution in [0.3, 0.4) is 0 Å². The molecule has 0 amide bonds. The molecule has 68 valence electrons. The molecular formula is C9H17N3. The maximum atomic E-state index is 7.07. The van der Waals surface area contributed by atoms with Gasteiger partial charge in [-0.3, -0.25) is 4.90 Å². The molecule has 0 spiro atoms. The summed E-state index contributed by atoms with van der Waals surface area (Å²) in [6, 6.07) is 0. The van der Waals surface area contributed by atoms with Crippen LogP contribution in [0.2, 0.25) is 0 Å². The van der Waals surface area contributed by atoms with Crippen LogP contribution >= 0.6 is 0 Å². The van der Waals surface area contributed by atoms with Gasteiger partial charge in [0.25, 0.3) is 0 Å². The summed E-state index contributed by atoms with van der Waals surface area (Å²) in [5.41, 5.74) is 6.26. The molecule has 1 unspecified atom stereocenters. The van der Waals surface area contributed by atoms with E-state index in [2.05, 4.69) is 11.8 Å². The molecule has 1 aliphatic rings. The molecule has 1 aliphatic heterocycles. The van der Waals surface area contributed by atoms with Gasteiger partial charge in [0.1, 0.15) is 0 Å². The molecule has 0 aromatic rings. The van der Waals surface area contributed by atoms with Crippen molar-refractivity contribution in [1.29, 1.82) is 5.41 Å². The fourth-order valence-electron chi connectivity index (χ4n) is 1.57. The van der Waals surface area contributed by atoms with Crippen LogP contribution in [0.1, 0.15) is 13.3 Å². The first-order chi connectivity index (χ1) is 5.76. The zero-order valence-electron chi connectivity index (χ0n) is 7.59. The van der Waals surface area contributed by atoms with E-state index in [9.17, 15) is 0 Å². The monoisotopic (exact) mass is 167 g/mol. The molecule has 3 N–H and O–H groups in total. The molecule has 12 heavy (non-hydrogen) atoms. The zero-order valence-corrected chi connectivity index (χ0v) is 7.59. The molecule has 1 fully saturated rings. The number of rotatable bonds is 3. The summed E-state index contributed by atoms with van der Waals surface area (Å²) >= 11 is 0. The molecule has 0 radical (unpaired) electrons. The lowest BCUT2D eigenvalue weighted by atomic mass is 10.2. The topological polar surface area (TPSA) is 53.1 Å². The number of nitrogens with two attached hydrogens (primary N) is 1. The Kier molecular flexibility index (Phi) is 3.29. The molecule has 1 heterocycles. The molecule has 0 saturated carbocycles. The predicted molar refractivity (Wildman–Crippen MR) is 51.3 cm³/mol. The Morgan fingerprint density at radius 2 is 2.50 bits per heavy atom. The molecule has 3 heteroatoms. The Balaban J connectivity index is 2.36. The fraction of sp³-hybridized carbons (Fsp3) is 0.667. The van der Waals surface area contributed by atoms with Gasteiger partial charge in [-0.1, -0.05) is 6.92 Å². The van der Waals surface area contributed by atoms with E-state index in [0.717, 1.165) is 31.1 Å². The van der Waals surface area contributed by atoms with Gasteiger partial charge in [0.15, 0.2) is 0 Å². The number of nitrogens with zero attached hydrogens (tertiary/aromatic N) is 1. The first-order valence-corrected chi connectivity index (χ1v) is 4.40. The minimum absolute atomic E-state index is 0.801. The second-order valence-corrected chi connectivity index (χ2v) is 3.51. The minimum atomic E-state index is 0.801. The summed E-state index contributed by atoms with van der Waals surface area (Å²) in [5, 5.41) is 7.07. The third kappa shape index (κ3) is 2.34. The van der Waals surface area contributed by atoms with Crippen molar-refractivity contribution in [3.63, 3.8) is 0 Å². The first kappa shape index (κ1) is 9.26. The van der Waals surface area contributed by atoms with E-state index in [-0.39, 0.29) is 0 Å². The predicted octanol–water partition coefficient (Wildman–Crippen LogP) is 0.820. The maximum Gasteiger partial charge on any atom is 0.0263 e. The highest BCUT2D eigenvalue weighted by Gasteiger charge is 2.18. The lowest BCUT2D eigenvalue weighted by Gasteiger charge is -2.14.